The van der Waals surface area contributed by atoms with E-state index < -0.39 is 10.7 Å². The summed E-state index contributed by atoms with van der Waals surface area (Å²) in [4.78, 5) is 11.8. The summed E-state index contributed by atoms with van der Waals surface area (Å²) in [5.74, 6) is -0.514. The zero-order chi connectivity index (χ0) is 13.2. The number of carbonyl (C=O) groups is 1. The van der Waals surface area contributed by atoms with Gasteiger partial charge in [-0.25, -0.2) is 0 Å². The normalized spacial score (nSPS) is 13.9. The second-order valence-corrected chi connectivity index (χ2v) is 5.05. The molecule has 0 aliphatic heterocycles. The zero-order valence-corrected chi connectivity index (χ0v) is 11.2. The van der Waals surface area contributed by atoms with E-state index in [-0.39, 0.29) is 0 Å². The SMILES string of the molecule is NC(=O)C(S)(c1ccccc1)c1ccc(Cl)cc1. The molecule has 1 unspecified atom stereocenters. The van der Waals surface area contributed by atoms with Crippen LogP contribution in [0.4, 0.5) is 0 Å². The Hall–Kier alpha value is -1.45. The zero-order valence-electron chi connectivity index (χ0n) is 9.51. The Bertz CT molecular complexity index is 556. The van der Waals surface area contributed by atoms with Crippen molar-refractivity contribution in [1.29, 1.82) is 0 Å². The third kappa shape index (κ3) is 2.24. The van der Waals surface area contributed by atoms with Crippen molar-refractivity contribution >= 4 is 30.1 Å². The van der Waals surface area contributed by atoms with Crippen LogP contribution in [0.3, 0.4) is 0 Å². The molecule has 0 saturated carbocycles. The average molecular weight is 278 g/mol. The van der Waals surface area contributed by atoms with Crippen LogP contribution in [0.25, 0.3) is 0 Å². The summed E-state index contributed by atoms with van der Waals surface area (Å²) in [7, 11) is 0. The Morgan fingerprint density at radius 3 is 2.00 bits per heavy atom. The van der Waals surface area contributed by atoms with Gasteiger partial charge < -0.3 is 5.73 Å². The molecular weight excluding hydrogens is 266 g/mol. The molecule has 0 spiro atoms. The maximum atomic E-state index is 11.8. The molecule has 2 nitrogen and oxygen atoms in total. The fourth-order valence-corrected chi connectivity index (χ4v) is 2.25. The molecule has 0 aliphatic rings. The van der Waals surface area contributed by atoms with Crippen LogP contribution in [0, 0.1) is 0 Å². The van der Waals surface area contributed by atoms with Crippen LogP contribution in [-0.4, -0.2) is 5.91 Å². The van der Waals surface area contributed by atoms with Crippen LogP contribution in [0.1, 0.15) is 11.1 Å². The molecule has 0 fully saturated rings. The van der Waals surface area contributed by atoms with Crippen molar-refractivity contribution < 1.29 is 4.79 Å². The summed E-state index contributed by atoms with van der Waals surface area (Å²) in [6, 6.07) is 16.2. The number of benzene rings is 2. The Morgan fingerprint density at radius 1 is 1.00 bits per heavy atom. The molecule has 0 bridgehead atoms. The Labute approximate surface area is 116 Å². The largest absolute Gasteiger partial charge is 0.368 e. The molecule has 0 saturated heterocycles. The van der Waals surface area contributed by atoms with Gasteiger partial charge in [0.25, 0.3) is 0 Å². The highest BCUT2D eigenvalue weighted by Gasteiger charge is 2.36. The van der Waals surface area contributed by atoms with Gasteiger partial charge in [-0.05, 0) is 23.3 Å². The second-order valence-electron chi connectivity index (χ2n) is 3.95. The summed E-state index contributed by atoms with van der Waals surface area (Å²) < 4.78 is -1.15. The number of amides is 1. The minimum Gasteiger partial charge on any atom is -0.368 e. The highest BCUT2D eigenvalue weighted by Crippen LogP contribution is 2.36. The predicted octanol–water partition coefficient (Wildman–Crippen LogP) is 3.00. The van der Waals surface area contributed by atoms with Crippen LogP contribution in [0.2, 0.25) is 5.02 Å². The Balaban J connectivity index is 2.58. The molecule has 2 aromatic carbocycles. The van der Waals surface area contributed by atoms with Crippen LogP contribution < -0.4 is 5.73 Å². The van der Waals surface area contributed by atoms with Gasteiger partial charge in [0, 0.05) is 5.02 Å². The summed E-state index contributed by atoms with van der Waals surface area (Å²) in [6.07, 6.45) is 0. The van der Waals surface area contributed by atoms with E-state index in [1.807, 2.05) is 30.3 Å². The molecule has 2 N–H and O–H groups in total. The maximum absolute atomic E-state index is 11.8. The topological polar surface area (TPSA) is 43.1 Å². The van der Waals surface area contributed by atoms with Gasteiger partial charge in [-0.2, -0.15) is 12.6 Å². The van der Waals surface area contributed by atoms with Crippen molar-refractivity contribution in [3.8, 4) is 0 Å². The fourth-order valence-electron chi connectivity index (χ4n) is 1.82. The van der Waals surface area contributed by atoms with Crippen LogP contribution in [0.15, 0.2) is 54.6 Å². The first-order chi connectivity index (χ1) is 8.55. The van der Waals surface area contributed by atoms with E-state index in [1.54, 1.807) is 24.3 Å². The van der Waals surface area contributed by atoms with Gasteiger partial charge >= 0.3 is 0 Å². The predicted molar refractivity (Wildman–Crippen MR) is 76.9 cm³/mol. The van der Waals surface area contributed by atoms with Crippen molar-refractivity contribution in [3.63, 3.8) is 0 Å². The molecule has 2 aromatic rings. The number of hydrogen-bond acceptors (Lipinski definition) is 2. The lowest BCUT2D eigenvalue weighted by molar-refractivity contribution is -0.119. The molecule has 18 heavy (non-hydrogen) atoms. The van der Waals surface area contributed by atoms with E-state index in [9.17, 15) is 4.79 Å². The van der Waals surface area contributed by atoms with Gasteiger partial charge in [-0.3, -0.25) is 4.79 Å². The Morgan fingerprint density at radius 2 is 1.50 bits per heavy atom. The summed E-state index contributed by atoms with van der Waals surface area (Å²) >= 11 is 10.4. The smallest absolute Gasteiger partial charge is 0.242 e. The summed E-state index contributed by atoms with van der Waals surface area (Å²) in [5, 5.41) is 0.604. The molecule has 92 valence electrons. The van der Waals surface area contributed by atoms with E-state index in [1.165, 1.54) is 0 Å². The number of hydrogen-bond donors (Lipinski definition) is 2. The third-order valence-corrected chi connectivity index (χ3v) is 3.80. The third-order valence-electron chi connectivity index (χ3n) is 2.81. The second kappa shape index (κ2) is 5.04. The first-order valence-electron chi connectivity index (χ1n) is 5.39. The molecule has 1 atom stereocenters. The lowest BCUT2D eigenvalue weighted by atomic mass is 9.89. The molecule has 0 aromatic heterocycles. The number of carbonyl (C=O) groups excluding carboxylic acids is 1. The molecular formula is C14H12ClNOS. The van der Waals surface area contributed by atoms with E-state index in [0.717, 1.165) is 5.56 Å². The van der Waals surface area contributed by atoms with E-state index in [4.69, 9.17) is 17.3 Å². The van der Waals surface area contributed by atoms with Crippen molar-refractivity contribution in [1.82, 2.24) is 0 Å². The molecule has 1 amide bonds. The standard InChI is InChI=1S/C14H12ClNOS/c15-12-8-6-11(7-9-12)14(18,13(16)17)10-4-2-1-3-5-10/h1-9,18H,(H2,16,17). The number of nitrogens with two attached hydrogens (primary N) is 1. The lowest BCUT2D eigenvalue weighted by Gasteiger charge is -2.26. The van der Waals surface area contributed by atoms with E-state index in [2.05, 4.69) is 12.6 Å². The molecule has 4 heteroatoms. The minimum atomic E-state index is -1.15. The van der Waals surface area contributed by atoms with Crippen LogP contribution >= 0.6 is 24.2 Å². The quantitative estimate of drug-likeness (QED) is 0.832. The van der Waals surface area contributed by atoms with Gasteiger partial charge in [0.2, 0.25) is 5.91 Å². The van der Waals surface area contributed by atoms with Gasteiger partial charge in [-0.15, -0.1) is 0 Å². The maximum Gasteiger partial charge on any atom is 0.242 e. The molecule has 0 radical (unpaired) electrons. The average Bonchev–Trinajstić information content (AvgIpc) is 2.39. The van der Waals surface area contributed by atoms with Gasteiger partial charge in [0.1, 0.15) is 4.75 Å². The van der Waals surface area contributed by atoms with Crippen LogP contribution in [0.5, 0.6) is 0 Å². The number of halogens is 1. The van der Waals surface area contributed by atoms with Gasteiger partial charge in [-0.1, -0.05) is 54.1 Å². The summed E-state index contributed by atoms with van der Waals surface area (Å²) in [6.45, 7) is 0. The van der Waals surface area contributed by atoms with Crippen molar-refractivity contribution in [3.05, 3.63) is 70.7 Å². The number of rotatable bonds is 3. The monoisotopic (exact) mass is 277 g/mol. The number of primary amides is 1. The Kier molecular flexibility index (Phi) is 3.64. The minimum absolute atomic E-state index is 0.514. The first-order valence-corrected chi connectivity index (χ1v) is 6.21. The summed E-state index contributed by atoms with van der Waals surface area (Å²) in [5.41, 5.74) is 6.97. The first kappa shape index (κ1) is 13.0. The highest BCUT2D eigenvalue weighted by atomic mass is 35.5. The van der Waals surface area contributed by atoms with Crippen molar-refractivity contribution in [2.75, 3.05) is 0 Å². The molecule has 2 rings (SSSR count). The lowest BCUT2D eigenvalue weighted by Crippen LogP contribution is -2.37. The van der Waals surface area contributed by atoms with E-state index >= 15 is 0 Å². The van der Waals surface area contributed by atoms with Gasteiger partial charge in [0.05, 0.1) is 0 Å². The molecule has 0 heterocycles. The van der Waals surface area contributed by atoms with Crippen LogP contribution in [-0.2, 0) is 9.54 Å². The van der Waals surface area contributed by atoms with Gasteiger partial charge in [0.15, 0.2) is 0 Å². The fraction of sp³-hybridized carbons (Fsp3) is 0.0714. The number of thiol groups is 1. The van der Waals surface area contributed by atoms with E-state index in [0.29, 0.717) is 10.6 Å². The highest BCUT2D eigenvalue weighted by molar-refractivity contribution is 7.82. The van der Waals surface area contributed by atoms with Crippen molar-refractivity contribution in [2.24, 2.45) is 5.73 Å². The van der Waals surface area contributed by atoms with Crippen molar-refractivity contribution in [2.45, 2.75) is 4.75 Å². The molecule has 0 aliphatic carbocycles.